The van der Waals surface area contributed by atoms with Crippen LogP contribution in [0.15, 0.2) is 64.3 Å². The highest BCUT2D eigenvalue weighted by Crippen LogP contribution is 2.32. The molecule has 0 spiro atoms. The molecule has 1 N–H and O–H groups in total. The van der Waals surface area contributed by atoms with E-state index in [9.17, 15) is 5.11 Å². The molecule has 3 aromatic rings. The van der Waals surface area contributed by atoms with E-state index >= 15 is 0 Å². The zero-order valence-corrected chi connectivity index (χ0v) is 16.6. The number of hydrogen-bond donors (Lipinski definition) is 1. The Kier molecular flexibility index (Phi) is 5.01. The molecule has 2 aromatic carbocycles. The molecule has 1 aromatic heterocycles. The molecule has 27 heavy (non-hydrogen) atoms. The molecule has 0 unspecified atom stereocenters. The van der Waals surface area contributed by atoms with Gasteiger partial charge in [0.15, 0.2) is 9.78 Å². The maximum atomic E-state index is 10.7. The number of thiazole rings is 1. The molecular weight excluding hydrogens is 374 g/mol. The Morgan fingerprint density at radius 2 is 1.74 bits per heavy atom. The number of para-hydroxylation sites is 2. The summed E-state index contributed by atoms with van der Waals surface area (Å²) in [6.07, 6.45) is 5.20. The molecule has 0 saturated carbocycles. The number of nitrogens with zero attached hydrogens (tertiary/aromatic N) is 3. The van der Waals surface area contributed by atoms with Gasteiger partial charge in [0.05, 0.1) is 21.3 Å². The molecule has 0 saturated heterocycles. The number of benzene rings is 2. The number of aryl methyl sites for hydroxylation is 1. The lowest BCUT2D eigenvalue weighted by Gasteiger charge is -2.06. The van der Waals surface area contributed by atoms with Crippen molar-refractivity contribution in [1.29, 1.82) is 0 Å². The van der Waals surface area contributed by atoms with Gasteiger partial charge in [0, 0.05) is 6.08 Å². The van der Waals surface area contributed by atoms with E-state index in [4.69, 9.17) is 12.2 Å². The largest absolute Gasteiger partial charge is 0.493 e. The lowest BCUT2D eigenvalue weighted by molar-refractivity contribution is 0.441. The van der Waals surface area contributed by atoms with Crippen molar-refractivity contribution in [2.45, 2.75) is 26.2 Å². The van der Waals surface area contributed by atoms with Crippen molar-refractivity contribution < 1.29 is 5.11 Å². The maximum absolute atomic E-state index is 10.7. The smallest absolute Gasteiger partial charge is 0.215 e. The van der Waals surface area contributed by atoms with Crippen LogP contribution in [0.25, 0.3) is 11.8 Å². The zero-order valence-electron chi connectivity index (χ0n) is 14.9. The van der Waals surface area contributed by atoms with Crippen molar-refractivity contribution >= 4 is 29.6 Å². The zero-order chi connectivity index (χ0) is 18.8. The van der Waals surface area contributed by atoms with Crippen LogP contribution in [0.5, 0.6) is 5.88 Å². The van der Waals surface area contributed by atoms with Gasteiger partial charge in [-0.25, -0.2) is 9.98 Å². The summed E-state index contributed by atoms with van der Waals surface area (Å²) in [5, 5.41) is 12.4. The van der Waals surface area contributed by atoms with Gasteiger partial charge in [-0.05, 0) is 54.9 Å². The SMILES string of the molecule is CCCCc1ccc(-n2c(O)c(C=C3N=c4ccccc4=N3)sc2=S)cc1. The quantitative estimate of drug-likeness (QED) is 0.646. The number of hydrogen-bond acceptors (Lipinski definition) is 5. The van der Waals surface area contributed by atoms with Crippen LogP contribution in [-0.2, 0) is 6.42 Å². The van der Waals surface area contributed by atoms with Crippen LogP contribution >= 0.6 is 23.6 Å². The Balaban J connectivity index is 1.68. The highest BCUT2D eigenvalue weighted by Gasteiger charge is 2.13. The Morgan fingerprint density at radius 1 is 1.07 bits per heavy atom. The van der Waals surface area contributed by atoms with Crippen LogP contribution in [0.4, 0.5) is 0 Å². The topological polar surface area (TPSA) is 49.9 Å². The molecule has 1 aliphatic rings. The van der Waals surface area contributed by atoms with Crippen LogP contribution in [-0.4, -0.2) is 9.67 Å². The molecule has 0 amide bonds. The fourth-order valence-electron chi connectivity index (χ4n) is 3.00. The van der Waals surface area contributed by atoms with Gasteiger partial charge in [-0.3, -0.25) is 4.57 Å². The standard InChI is InChI=1S/C21H19N3OS2/c1-2-3-6-14-9-11-15(12-10-14)24-20(25)18(27-21(24)26)13-19-22-16-7-4-5-8-17(16)23-19/h4-5,7-13,25H,2-3,6H2,1H3. The number of aromatic hydroxyl groups is 1. The summed E-state index contributed by atoms with van der Waals surface area (Å²) in [5.41, 5.74) is 2.16. The summed E-state index contributed by atoms with van der Waals surface area (Å²) in [5.74, 6) is 0.699. The third-order valence-corrected chi connectivity index (χ3v) is 5.75. The van der Waals surface area contributed by atoms with Crippen LogP contribution in [0, 0.1) is 3.95 Å². The van der Waals surface area contributed by atoms with Crippen LogP contribution in [0.2, 0.25) is 0 Å². The minimum absolute atomic E-state index is 0.125. The second-order valence-corrected chi connectivity index (χ2v) is 8.05. The molecule has 136 valence electrons. The predicted octanol–water partition coefficient (Wildman–Crippen LogP) is 4.57. The molecule has 1 aliphatic heterocycles. The first-order chi connectivity index (χ1) is 13.2. The molecule has 4 rings (SSSR count). The summed E-state index contributed by atoms with van der Waals surface area (Å²) in [6, 6.07) is 15.9. The van der Waals surface area contributed by atoms with Gasteiger partial charge < -0.3 is 5.11 Å². The van der Waals surface area contributed by atoms with E-state index in [1.54, 1.807) is 10.6 Å². The van der Waals surface area contributed by atoms with E-state index in [-0.39, 0.29) is 5.88 Å². The Labute approximate surface area is 166 Å². The molecule has 0 radical (unpaired) electrons. The van der Waals surface area contributed by atoms with Crippen molar-refractivity contribution in [3.63, 3.8) is 0 Å². The van der Waals surface area contributed by atoms with Crippen molar-refractivity contribution in [2.24, 2.45) is 9.98 Å². The Morgan fingerprint density at radius 3 is 2.37 bits per heavy atom. The molecule has 0 atom stereocenters. The Bertz CT molecular complexity index is 1150. The highest BCUT2D eigenvalue weighted by molar-refractivity contribution is 7.73. The van der Waals surface area contributed by atoms with Crippen LogP contribution in [0.1, 0.15) is 30.2 Å². The second-order valence-electron chi connectivity index (χ2n) is 6.38. The summed E-state index contributed by atoms with van der Waals surface area (Å²) in [7, 11) is 0. The molecule has 0 bridgehead atoms. The fraction of sp³-hybridized carbons (Fsp3) is 0.190. The number of unbranched alkanes of at least 4 members (excludes halogenated alkanes) is 1. The average Bonchev–Trinajstić information content (AvgIpc) is 3.21. The average molecular weight is 394 g/mol. The highest BCUT2D eigenvalue weighted by atomic mass is 32.1. The van der Waals surface area contributed by atoms with Gasteiger partial charge >= 0.3 is 0 Å². The van der Waals surface area contributed by atoms with Gasteiger partial charge in [0.2, 0.25) is 5.88 Å². The molecule has 6 heteroatoms. The van der Waals surface area contributed by atoms with Gasteiger partial charge in [0.25, 0.3) is 0 Å². The molecule has 2 heterocycles. The first kappa shape index (κ1) is 17.8. The summed E-state index contributed by atoms with van der Waals surface area (Å²) >= 11 is 6.84. The monoisotopic (exact) mass is 393 g/mol. The van der Waals surface area contributed by atoms with Gasteiger partial charge in [0.1, 0.15) is 0 Å². The third-order valence-electron chi connectivity index (χ3n) is 4.44. The van der Waals surface area contributed by atoms with E-state index in [2.05, 4.69) is 29.0 Å². The van der Waals surface area contributed by atoms with Gasteiger partial charge in [-0.1, -0.05) is 37.6 Å². The van der Waals surface area contributed by atoms with Crippen molar-refractivity contribution in [3.05, 3.63) is 79.5 Å². The number of aromatic nitrogens is 1. The van der Waals surface area contributed by atoms with E-state index < -0.39 is 0 Å². The van der Waals surface area contributed by atoms with E-state index in [0.717, 1.165) is 22.8 Å². The maximum Gasteiger partial charge on any atom is 0.215 e. The first-order valence-electron chi connectivity index (χ1n) is 8.94. The van der Waals surface area contributed by atoms with Gasteiger partial charge in [-0.2, -0.15) is 0 Å². The van der Waals surface area contributed by atoms with Crippen LogP contribution in [0.3, 0.4) is 0 Å². The molecule has 0 fully saturated rings. The number of fused-ring (bicyclic) bond motifs is 1. The predicted molar refractivity (Wildman–Crippen MR) is 111 cm³/mol. The minimum atomic E-state index is 0.125. The summed E-state index contributed by atoms with van der Waals surface area (Å²) in [4.78, 5) is 9.63. The molecular formula is C21H19N3OS2. The summed E-state index contributed by atoms with van der Waals surface area (Å²) < 4.78 is 2.29. The fourth-order valence-corrected chi connectivity index (χ4v) is 4.28. The third kappa shape index (κ3) is 3.63. The minimum Gasteiger partial charge on any atom is -0.493 e. The first-order valence-corrected chi connectivity index (χ1v) is 10.2. The normalized spacial score (nSPS) is 12.4. The molecule has 0 aliphatic carbocycles. The van der Waals surface area contributed by atoms with E-state index in [1.807, 2.05) is 36.4 Å². The van der Waals surface area contributed by atoms with E-state index in [0.29, 0.717) is 14.7 Å². The van der Waals surface area contributed by atoms with Crippen molar-refractivity contribution in [1.82, 2.24) is 4.57 Å². The van der Waals surface area contributed by atoms with Crippen molar-refractivity contribution in [2.75, 3.05) is 0 Å². The van der Waals surface area contributed by atoms with Gasteiger partial charge in [-0.15, -0.1) is 11.3 Å². The van der Waals surface area contributed by atoms with Crippen molar-refractivity contribution in [3.8, 4) is 11.6 Å². The molecule has 4 nitrogen and oxygen atoms in total. The second kappa shape index (κ2) is 7.58. The lowest BCUT2D eigenvalue weighted by Crippen LogP contribution is -2.19. The van der Waals surface area contributed by atoms with Crippen LogP contribution < -0.4 is 10.7 Å². The Hall–Kier alpha value is -2.57. The number of rotatable bonds is 5. The van der Waals surface area contributed by atoms with E-state index in [1.165, 1.54) is 29.7 Å². The lowest BCUT2D eigenvalue weighted by atomic mass is 10.1. The summed E-state index contributed by atoms with van der Waals surface area (Å²) in [6.45, 7) is 2.19.